The minimum absolute atomic E-state index is 0.324. The molecule has 0 radical (unpaired) electrons. The van der Waals surface area contributed by atoms with Crippen molar-refractivity contribution in [3.8, 4) is 0 Å². The molecule has 0 amide bonds. The van der Waals surface area contributed by atoms with Crippen LogP contribution in [0.3, 0.4) is 0 Å². The van der Waals surface area contributed by atoms with Gasteiger partial charge in [0.2, 0.25) is 0 Å². The first kappa shape index (κ1) is 15.2. The summed E-state index contributed by atoms with van der Waals surface area (Å²) < 4.78 is 0.163. The molecular weight excluding hydrogens is 388 g/mol. The molecule has 1 atom stereocenters. The van der Waals surface area contributed by atoms with Crippen LogP contribution in [-0.2, 0) is 3.66 Å². The molecule has 0 N–H and O–H groups in total. The predicted octanol–water partition coefficient (Wildman–Crippen LogP) is 5.59. The first-order chi connectivity index (χ1) is 10.1. The van der Waals surface area contributed by atoms with Crippen LogP contribution in [0.4, 0.5) is 0 Å². The zero-order valence-corrected chi connectivity index (χ0v) is 14.8. The molecule has 1 aliphatic rings. The summed E-state index contributed by atoms with van der Waals surface area (Å²) in [7, 11) is 0. The molecule has 1 unspecified atom stereocenters. The Hall–Kier alpha value is -0.750. The first-order valence-electron chi connectivity index (χ1n) is 6.24. The number of aromatic nitrogens is 2. The van der Waals surface area contributed by atoms with E-state index < -0.39 is 0 Å². The van der Waals surface area contributed by atoms with Crippen molar-refractivity contribution in [3.05, 3.63) is 69.7 Å². The highest BCUT2D eigenvalue weighted by Crippen LogP contribution is 2.57. The number of nitrogens with zero attached hydrogens (tertiary/aromatic N) is 2. The van der Waals surface area contributed by atoms with E-state index in [1.54, 1.807) is 24.2 Å². The van der Waals surface area contributed by atoms with Gasteiger partial charge >= 0.3 is 0 Å². The van der Waals surface area contributed by atoms with Gasteiger partial charge in [0.15, 0.2) is 0 Å². The molecule has 21 heavy (non-hydrogen) atoms. The lowest BCUT2D eigenvalue weighted by atomic mass is 10.1. The van der Waals surface area contributed by atoms with Crippen molar-refractivity contribution >= 4 is 56.4 Å². The first-order valence-corrected chi connectivity index (χ1v) is 8.64. The smallest absolute Gasteiger partial charge is 0.144 e. The summed E-state index contributed by atoms with van der Waals surface area (Å²) in [6.07, 6.45) is 6.28. The molecule has 2 nitrogen and oxygen atoms in total. The molecule has 3 rings (SSSR count). The molecule has 2 aromatic rings. The van der Waals surface area contributed by atoms with Crippen LogP contribution < -0.4 is 0 Å². The Balaban J connectivity index is 1.95. The molecule has 1 aromatic carbocycles. The SMILES string of the molecule is S=c1cnccc(C2(Br)CC=C(c3ccccc3Cl)S2)n1. The van der Waals surface area contributed by atoms with Crippen molar-refractivity contribution in [2.24, 2.45) is 0 Å². The molecule has 6 heteroatoms. The number of hydrogen-bond acceptors (Lipinski definition) is 4. The number of hydrogen-bond donors (Lipinski definition) is 0. The van der Waals surface area contributed by atoms with Crippen LogP contribution in [0.15, 0.2) is 48.8 Å². The Kier molecular flexibility index (Phi) is 4.45. The lowest BCUT2D eigenvalue weighted by molar-refractivity contribution is 0.886. The van der Waals surface area contributed by atoms with E-state index in [1.807, 2.05) is 30.3 Å². The molecule has 2 heterocycles. The van der Waals surface area contributed by atoms with Gasteiger partial charge in [-0.2, -0.15) is 0 Å². The number of alkyl halides is 1. The van der Waals surface area contributed by atoms with E-state index in [2.05, 4.69) is 32.0 Å². The van der Waals surface area contributed by atoms with Gasteiger partial charge in [0.1, 0.15) is 8.30 Å². The number of thioether (sulfide) groups is 1. The fraction of sp³-hybridized carbons (Fsp3) is 0.133. The van der Waals surface area contributed by atoms with Crippen molar-refractivity contribution in [1.82, 2.24) is 9.97 Å². The molecule has 0 spiro atoms. The summed E-state index contributed by atoms with van der Waals surface area (Å²) in [5, 5.41) is 0.755. The van der Waals surface area contributed by atoms with Gasteiger partial charge in [0.25, 0.3) is 0 Å². The van der Waals surface area contributed by atoms with Gasteiger partial charge in [0.05, 0.1) is 11.9 Å². The summed E-state index contributed by atoms with van der Waals surface area (Å²) >= 11 is 16.9. The van der Waals surface area contributed by atoms with Gasteiger partial charge in [-0.15, -0.1) is 11.8 Å². The van der Waals surface area contributed by atoms with Crippen LogP contribution in [0, 0.1) is 4.64 Å². The average Bonchev–Trinajstić information content (AvgIpc) is 2.72. The van der Waals surface area contributed by atoms with Crippen molar-refractivity contribution in [3.63, 3.8) is 0 Å². The molecule has 0 aliphatic carbocycles. The van der Waals surface area contributed by atoms with Crippen LogP contribution in [0.1, 0.15) is 17.7 Å². The second-order valence-electron chi connectivity index (χ2n) is 4.51. The van der Waals surface area contributed by atoms with Gasteiger partial charge in [-0.3, -0.25) is 4.98 Å². The number of allylic oxidation sites excluding steroid dienone is 1. The van der Waals surface area contributed by atoms with Gasteiger partial charge in [-0.1, -0.05) is 64.0 Å². The molecule has 1 aromatic heterocycles. The van der Waals surface area contributed by atoms with Crippen molar-refractivity contribution in [2.45, 2.75) is 10.1 Å². The number of rotatable bonds is 2. The highest BCUT2D eigenvalue weighted by molar-refractivity contribution is 9.11. The van der Waals surface area contributed by atoms with Crippen molar-refractivity contribution in [1.29, 1.82) is 0 Å². The van der Waals surface area contributed by atoms with Crippen LogP contribution in [0.2, 0.25) is 5.02 Å². The number of halogens is 2. The zero-order chi connectivity index (χ0) is 14.9. The van der Waals surface area contributed by atoms with Gasteiger partial charge in [0, 0.05) is 21.7 Å². The van der Waals surface area contributed by atoms with E-state index in [0.29, 0.717) is 4.64 Å². The number of benzene rings is 1. The standard InChI is InChI=1S/C15H10BrClN2S2/c16-15(13-6-8-18-9-14(20)19-13)7-5-12(21-15)10-3-1-2-4-11(10)17/h1-6,8-9H,7H2. The third-order valence-electron chi connectivity index (χ3n) is 3.08. The van der Waals surface area contributed by atoms with E-state index >= 15 is 0 Å². The molecule has 0 fully saturated rings. The van der Waals surface area contributed by atoms with E-state index in [9.17, 15) is 0 Å². The molecule has 0 bridgehead atoms. The topological polar surface area (TPSA) is 25.8 Å². The minimum atomic E-state index is -0.324. The Labute approximate surface area is 145 Å². The third kappa shape index (κ3) is 3.21. The fourth-order valence-electron chi connectivity index (χ4n) is 2.08. The molecule has 106 valence electrons. The Bertz CT molecular complexity index is 781. The highest BCUT2D eigenvalue weighted by atomic mass is 79.9. The molecule has 0 saturated carbocycles. The lowest BCUT2D eigenvalue weighted by Crippen LogP contribution is -2.10. The monoisotopic (exact) mass is 396 g/mol. The van der Waals surface area contributed by atoms with Crippen LogP contribution in [0.5, 0.6) is 0 Å². The second-order valence-corrected chi connectivity index (χ2v) is 8.56. The summed E-state index contributed by atoms with van der Waals surface area (Å²) in [4.78, 5) is 9.67. The van der Waals surface area contributed by atoms with E-state index in [-0.39, 0.29) is 3.66 Å². The van der Waals surface area contributed by atoms with Gasteiger partial charge < -0.3 is 0 Å². The average molecular weight is 398 g/mol. The summed E-state index contributed by atoms with van der Waals surface area (Å²) in [6, 6.07) is 9.74. The zero-order valence-electron chi connectivity index (χ0n) is 10.8. The normalized spacial score (nSPS) is 21.1. The lowest BCUT2D eigenvalue weighted by Gasteiger charge is -2.20. The third-order valence-corrected chi connectivity index (χ3v) is 6.13. The van der Waals surface area contributed by atoms with E-state index in [1.165, 1.54) is 0 Å². The summed E-state index contributed by atoms with van der Waals surface area (Å²) in [5.74, 6) is 0. The highest BCUT2D eigenvalue weighted by Gasteiger charge is 2.36. The molecule has 0 saturated heterocycles. The largest absolute Gasteiger partial charge is 0.262 e. The molecule has 1 aliphatic heterocycles. The maximum atomic E-state index is 6.28. The van der Waals surface area contributed by atoms with Crippen LogP contribution in [-0.4, -0.2) is 9.97 Å². The predicted molar refractivity (Wildman–Crippen MR) is 95.1 cm³/mol. The van der Waals surface area contributed by atoms with Crippen molar-refractivity contribution < 1.29 is 0 Å². The van der Waals surface area contributed by atoms with Crippen LogP contribution in [0.25, 0.3) is 4.91 Å². The van der Waals surface area contributed by atoms with E-state index in [4.69, 9.17) is 23.8 Å². The quantitative estimate of drug-likeness (QED) is 0.487. The van der Waals surface area contributed by atoms with E-state index in [0.717, 1.165) is 27.6 Å². The minimum Gasteiger partial charge on any atom is -0.262 e. The Morgan fingerprint density at radius 2 is 2.10 bits per heavy atom. The Morgan fingerprint density at radius 1 is 1.29 bits per heavy atom. The molecular formula is C15H10BrClN2S2. The fourth-order valence-corrected chi connectivity index (χ4v) is 4.62. The second kappa shape index (κ2) is 6.16. The Morgan fingerprint density at radius 3 is 2.90 bits per heavy atom. The van der Waals surface area contributed by atoms with Crippen molar-refractivity contribution in [2.75, 3.05) is 0 Å². The summed E-state index contributed by atoms with van der Waals surface area (Å²) in [5.41, 5.74) is 1.91. The summed E-state index contributed by atoms with van der Waals surface area (Å²) in [6.45, 7) is 0. The van der Waals surface area contributed by atoms with Gasteiger partial charge in [-0.05, 0) is 18.6 Å². The maximum absolute atomic E-state index is 6.28. The maximum Gasteiger partial charge on any atom is 0.144 e. The van der Waals surface area contributed by atoms with Crippen LogP contribution >= 0.6 is 51.5 Å². The van der Waals surface area contributed by atoms with Gasteiger partial charge in [-0.25, -0.2) is 4.98 Å².